The number of halogens is 1. The van der Waals surface area contributed by atoms with Crippen LogP contribution in [-0.4, -0.2) is 19.9 Å². The topological polar surface area (TPSA) is 69.6 Å². The first kappa shape index (κ1) is 16.3. The highest BCUT2D eigenvalue weighted by Crippen LogP contribution is 2.27. The number of nitrogens with zero attached hydrogens (tertiary/aromatic N) is 4. The summed E-state index contributed by atoms with van der Waals surface area (Å²) in [7, 11) is 0. The molecule has 2 N–H and O–H groups in total. The minimum absolute atomic E-state index is 0.452. The van der Waals surface area contributed by atoms with E-state index in [0.717, 1.165) is 22.0 Å². The Bertz CT molecular complexity index is 795. The lowest BCUT2D eigenvalue weighted by molar-refractivity contribution is 0.841. The summed E-state index contributed by atoms with van der Waals surface area (Å²) in [4.78, 5) is 4.61. The quantitative estimate of drug-likeness (QED) is 0.542. The van der Waals surface area contributed by atoms with Crippen molar-refractivity contribution in [1.82, 2.24) is 19.9 Å². The zero-order valence-electron chi connectivity index (χ0n) is 12.7. The average molecular weight is 366 g/mol. The minimum Gasteiger partial charge on any atom is -0.335 e. The Balaban J connectivity index is 1.72. The summed E-state index contributed by atoms with van der Waals surface area (Å²) in [5.74, 6) is 7.90. The van der Waals surface area contributed by atoms with Gasteiger partial charge in [0.2, 0.25) is 5.16 Å². The van der Waals surface area contributed by atoms with Gasteiger partial charge in [-0.05, 0) is 24.3 Å². The van der Waals surface area contributed by atoms with E-state index in [2.05, 4.69) is 34.4 Å². The van der Waals surface area contributed by atoms with Crippen LogP contribution in [0.15, 0.2) is 34.8 Å². The van der Waals surface area contributed by atoms with Gasteiger partial charge in [-0.15, -0.1) is 21.5 Å². The highest BCUT2D eigenvalue weighted by molar-refractivity contribution is 7.98. The number of thiazole rings is 1. The molecule has 0 saturated carbocycles. The molecule has 3 rings (SSSR count). The number of thioether (sulfide) groups is 1. The van der Waals surface area contributed by atoms with Crippen molar-refractivity contribution in [3.8, 4) is 11.4 Å². The van der Waals surface area contributed by atoms with Crippen LogP contribution in [0.5, 0.6) is 0 Å². The molecule has 0 atom stereocenters. The van der Waals surface area contributed by atoms with Crippen molar-refractivity contribution in [3.63, 3.8) is 0 Å². The molecular weight excluding hydrogens is 350 g/mol. The molecule has 0 fully saturated rings. The van der Waals surface area contributed by atoms with Crippen LogP contribution in [0.1, 0.15) is 30.5 Å². The molecule has 0 amide bonds. The van der Waals surface area contributed by atoms with Gasteiger partial charge < -0.3 is 5.84 Å². The van der Waals surface area contributed by atoms with E-state index >= 15 is 0 Å². The molecule has 0 aliphatic heterocycles. The normalized spacial score (nSPS) is 11.3. The van der Waals surface area contributed by atoms with Crippen molar-refractivity contribution in [2.24, 2.45) is 0 Å². The lowest BCUT2D eigenvalue weighted by atomic mass is 10.2. The third-order valence-corrected chi connectivity index (χ3v) is 5.60. The molecule has 5 nitrogen and oxygen atoms in total. The molecule has 3 aromatic rings. The molecule has 23 heavy (non-hydrogen) atoms. The molecule has 1 aromatic carbocycles. The van der Waals surface area contributed by atoms with Crippen LogP contribution in [0.4, 0.5) is 0 Å². The van der Waals surface area contributed by atoms with Gasteiger partial charge in [0, 0.05) is 27.6 Å². The largest absolute Gasteiger partial charge is 0.335 e. The Hall–Kier alpha value is -1.57. The predicted octanol–water partition coefficient (Wildman–Crippen LogP) is 4.18. The van der Waals surface area contributed by atoms with Gasteiger partial charge in [-0.1, -0.05) is 37.2 Å². The number of hydrogen-bond donors (Lipinski definition) is 1. The number of rotatable bonds is 5. The standard InChI is InChI=1S/C15H16ClN5S2/c1-9(2)14-18-12(7-22-14)8-23-15-20-19-13(21(15)17)10-3-5-11(16)6-4-10/h3-7,9H,8,17H2,1-2H3. The fraction of sp³-hybridized carbons (Fsp3) is 0.267. The van der Waals surface area contributed by atoms with Crippen molar-refractivity contribution in [2.75, 3.05) is 5.84 Å². The Labute approximate surface area is 147 Å². The van der Waals surface area contributed by atoms with Gasteiger partial charge in [-0.3, -0.25) is 0 Å². The van der Waals surface area contributed by atoms with Crippen molar-refractivity contribution >= 4 is 34.7 Å². The highest BCUT2D eigenvalue weighted by Gasteiger charge is 2.13. The van der Waals surface area contributed by atoms with E-state index in [9.17, 15) is 0 Å². The predicted molar refractivity (Wildman–Crippen MR) is 96.4 cm³/mol. The van der Waals surface area contributed by atoms with Gasteiger partial charge in [0.05, 0.1) is 10.7 Å². The lowest BCUT2D eigenvalue weighted by Crippen LogP contribution is -2.11. The number of benzene rings is 1. The molecule has 0 spiro atoms. The van der Waals surface area contributed by atoms with Crippen LogP contribution < -0.4 is 5.84 Å². The van der Waals surface area contributed by atoms with Crippen LogP contribution in [0.3, 0.4) is 0 Å². The summed E-state index contributed by atoms with van der Waals surface area (Å²) >= 11 is 9.12. The third kappa shape index (κ3) is 3.68. The maximum atomic E-state index is 6.11. The van der Waals surface area contributed by atoms with E-state index in [1.807, 2.05) is 12.1 Å². The minimum atomic E-state index is 0.452. The van der Waals surface area contributed by atoms with E-state index in [-0.39, 0.29) is 0 Å². The van der Waals surface area contributed by atoms with E-state index in [1.54, 1.807) is 23.5 Å². The van der Waals surface area contributed by atoms with Gasteiger partial charge in [-0.25, -0.2) is 9.66 Å². The van der Waals surface area contributed by atoms with Gasteiger partial charge in [0.1, 0.15) is 0 Å². The molecule has 0 bridgehead atoms. The fourth-order valence-corrected chi connectivity index (χ4v) is 3.78. The van der Waals surface area contributed by atoms with E-state index in [0.29, 0.717) is 21.9 Å². The summed E-state index contributed by atoms with van der Waals surface area (Å²) in [6.07, 6.45) is 0. The molecular formula is C15H16ClN5S2. The average Bonchev–Trinajstić information content (AvgIpc) is 3.13. The Kier molecular flexibility index (Phi) is 4.89. The van der Waals surface area contributed by atoms with Crippen molar-refractivity contribution in [3.05, 3.63) is 45.4 Å². The third-order valence-electron chi connectivity index (χ3n) is 3.18. The molecule has 0 unspecified atom stereocenters. The Morgan fingerprint density at radius 2 is 2.00 bits per heavy atom. The van der Waals surface area contributed by atoms with Crippen LogP contribution in [0, 0.1) is 0 Å². The van der Waals surface area contributed by atoms with Crippen LogP contribution in [0.2, 0.25) is 5.02 Å². The maximum absolute atomic E-state index is 6.11. The zero-order chi connectivity index (χ0) is 16.4. The van der Waals surface area contributed by atoms with Gasteiger partial charge in [0.25, 0.3) is 0 Å². The zero-order valence-corrected chi connectivity index (χ0v) is 15.1. The first-order valence-corrected chi connectivity index (χ1v) is 9.32. The molecule has 2 aromatic heterocycles. The molecule has 2 heterocycles. The number of hydrogen-bond acceptors (Lipinski definition) is 6. The summed E-state index contributed by atoms with van der Waals surface area (Å²) in [6, 6.07) is 7.36. The SMILES string of the molecule is CC(C)c1nc(CSc2nnc(-c3ccc(Cl)cc3)n2N)cs1. The fourth-order valence-electron chi connectivity index (χ4n) is 1.96. The van der Waals surface area contributed by atoms with Crippen molar-refractivity contribution in [1.29, 1.82) is 0 Å². The maximum Gasteiger partial charge on any atom is 0.210 e. The highest BCUT2D eigenvalue weighted by atomic mass is 35.5. The van der Waals surface area contributed by atoms with E-state index in [1.165, 1.54) is 16.4 Å². The monoisotopic (exact) mass is 365 g/mol. The molecule has 0 aliphatic rings. The van der Waals surface area contributed by atoms with Crippen molar-refractivity contribution in [2.45, 2.75) is 30.7 Å². The molecule has 0 aliphatic carbocycles. The number of nitrogens with two attached hydrogens (primary N) is 1. The summed E-state index contributed by atoms with van der Waals surface area (Å²) in [5, 5.41) is 12.9. The molecule has 120 valence electrons. The number of aromatic nitrogens is 4. The lowest BCUT2D eigenvalue weighted by Gasteiger charge is -2.03. The summed E-state index contributed by atoms with van der Waals surface area (Å²) in [5.41, 5.74) is 1.92. The first-order valence-electron chi connectivity index (χ1n) is 7.08. The van der Waals surface area contributed by atoms with Gasteiger partial charge in [-0.2, -0.15) is 0 Å². The Morgan fingerprint density at radius 1 is 1.26 bits per heavy atom. The van der Waals surface area contributed by atoms with Gasteiger partial charge >= 0.3 is 0 Å². The summed E-state index contributed by atoms with van der Waals surface area (Å²) < 4.78 is 1.50. The second-order valence-corrected chi connectivity index (χ2v) is 7.57. The Morgan fingerprint density at radius 3 is 2.65 bits per heavy atom. The van der Waals surface area contributed by atoms with Crippen molar-refractivity contribution < 1.29 is 0 Å². The molecule has 0 saturated heterocycles. The molecule has 0 radical (unpaired) electrons. The smallest absolute Gasteiger partial charge is 0.210 e. The second kappa shape index (κ2) is 6.90. The number of nitrogen functional groups attached to an aromatic ring is 1. The van der Waals surface area contributed by atoms with Crippen LogP contribution in [-0.2, 0) is 5.75 Å². The summed E-state index contributed by atoms with van der Waals surface area (Å²) in [6.45, 7) is 4.29. The second-order valence-electron chi connectivity index (χ2n) is 5.30. The van der Waals surface area contributed by atoms with E-state index < -0.39 is 0 Å². The van der Waals surface area contributed by atoms with Crippen LogP contribution in [0.25, 0.3) is 11.4 Å². The first-order chi connectivity index (χ1) is 11.0. The van der Waals surface area contributed by atoms with Crippen LogP contribution >= 0.6 is 34.7 Å². The van der Waals surface area contributed by atoms with E-state index in [4.69, 9.17) is 17.4 Å². The molecule has 8 heteroatoms. The van der Waals surface area contributed by atoms with Gasteiger partial charge in [0.15, 0.2) is 5.82 Å².